The highest BCUT2D eigenvalue weighted by molar-refractivity contribution is 9.10. The van der Waals surface area contributed by atoms with Gasteiger partial charge < -0.3 is 20.5 Å². The van der Waals surface area contributed by atoms with E-state index in [1.54, 1.807) is 25.1 Å². The highest BCUT2D eigenvalue weighted by Gasteiger charge is 2.19. The van der Waals surface area contributed by atoms with Gasteiger partial charge in [0.2, 0.25) is 0 Å². The van der Waals surface area contributed by atoms with E-state index in [2.05, 4.69) is 21.2 Å². The molecule has 2 rings (SSSR count). The lowest BCUT2D eigenvalue weighted by molar-refractivity contribution is -0.122. The summed E-state index contributed by atoms with van der Waals surface area (Å²) in [5, 5.41) is 2.73. The van der Waals surface area contributed by atoms with Crippen molar-refractivity contribution in [2.75, 3.05) is 12.4 Å². The smallest absolute Gasteiger partial charge is 0.265 e. The van der Waals surface area contributed by atoms with Crippen molar-refractivity contribution in [2.24, 2.45) is 5.73 Å². The number of nitrogens with one attached hydrogen (secondary N) is 1. The van der Waals surface area contributed by atoms with Gasteiger partial charge in [-0.2, -0.15) is 0 Å². The standard InChI is InChI=1S/C17H17BrN2O4/c1-10(17(22)20-12-5-3-11(18)4-6-12)24-15-9-13(23-2)7-8-14(15)16(19)21/h3-10H,1-2H3,(H2,19,21)(H,20,22). The fourth-order valence-corrected chi connectivity index (χ4v) is 2.22. The number of primary amides is 1. The van der Waals surface area contributed by atoms with Crippen molar-refractivity contribution in [3.8, 4) is 11.5 Å². The maximum Gasteiger partial charge on any atom is 0.265 e. The van der Waals surface area contributed by atoms with Gasteiger partial charge in [0.25, 0.3) is 11.8 Å². The SMILES string of the molecule is COc1ccc(C(N)=O)c(OC(C)C(=O)Nc2ccc(Br)cc2)c1. The second kappa shape index (κ2) is 7.83. The summed E-state index contributed by atoms with van der Waals surface area (Å²) < 4.78 is 11.6. The van der Waals surface area contributed by atoms with Gasteiger partial charge in [-0.1, -0.05) is 15.9 Å². The molecule has 2 aromatic rings. The Kier molecular flexibility index (Phi) is 5.81. The number of carbonyl (C=O) groups excluding carboxylic acids is 2. The molecule has 3 N–H and O–H groups in total. The predicted molar refractivity (Wildman–Crippen MR) is 94.4 cm³/mol. The molecule has 0 bridgehead atoms. The van der Waals surface area contributed by atoms with Crippen molar-refractivity contribution in [2.45, 2.75) is 13.0 Å². The highest BCUT2D eigenvalue weighted by atomic mass is 79.9. The molecule has 126 valence electrons. The molecule has 6 nitrogen and oxygen atoms in total. The van der Waals surface area contributed by atoms with Gasteiger partial charge >= 0.3 is 0 Å². The van der Waals surface area contributed by atoms with Crippen LogP contribution in [0.3, 0.4) is 0 Å². The third-order valence-corrected chi connectivity index (χ3v) is 3.77. The summed E-state index contributed by atoms with van der Waals surface area (Å²) >= 11 is 3.33. The molecule has 0 heterocycles. The molecule has 0 aliphatic rings. The minimum absolute atomic E-state index is 0.180. The number of methoxy groups -OCH3 is 1. The first-order valence-corrected chi connectivity index (χ1v) is 7.91. The van der Waals surface area contributed by atoms with Crippen molar-refractivity contribution >= 4 is 33.4 Å². The highest BCUT2D eigenvalue weighted by Crippen LogP contribution is 2.26. The molecule has 0 aliphatic carbocycles. The van der Waals surface area contributed by atoms with E-state index in [0.29, 0.717) is 11.4 Å². The quantitative estimate of drug-likeness (QED) is 0.790. The van der Waals surface area contributed by atoms with Crippen molar-refractivity contribution in [1.29, 1.82) is 0 Å². The largest absolute Gasteiger partial charge is 0.497 e. The van der Waals surface area contributed by atoms with Crippen LogP contribution >= 0.6 is 15.9 Å². The molecule has 0 saturated carbocycles. The maximum atomic E-state index is 12.2. The topological polar surface area (TPSA) is 90.7 Å². The van der Waals surface area contributed by atoms with Gasteiger partial charge in [-0.25, -0.2) is 0 Å². The Labute approximate surface area is 148 Å². The van der Waals surface area contributed by atoms with Crippen LogP contribution in [0.4, 0.5) is 5.69 Å². The average molecular weight is 393 g/mol. The number of hydrogen-bond donors (Lipinski definition) is 2. The van der Waals surface area contributed by atoms with Crippen LogP contribution in [0.1, 0.15) is 17.3 Å². The van der Waals surface area contributed by atoms with Crippen LogP contribution in [0, 0.1) is 0 Å². The van der Waals surface area contributed by atoms with E-state index < -0.39 is 12.0 Å². The van der Waals surface area contributed by atoms with E-state index in [1.807, 2.05) is 12.1 Å². The molecular formula is C17H17BrN2O4. The molecular weight excluding hydrogens is 376 g/mol. The lowest BCUT2D eigenvalue weighted by Crippen LogP contribution is -2.31. The van der Waals surface area contributed by atoms with E-state index in [0.717, 1.165) is 4.47 Å². The van der Waals surface area contributed by atoms with Gasteiger partial charge in [-0.05, 0) is 43.3 Å². The van der Waals surface area contributed by atoms with Crippen LogP contribution in [-0.2, 0) is 4.79 Å². The Morgan fingerprint density at radius 2 is 1.83 bits per heavy atom. The molecule has 2 aromatic carbocycles. The molecule has 1 unspecified atom stereocenters. The zero-order valence-corrected chi connectivity index (χ0v) is 14.8. The van der Waals surface area contributed by atoms with Gasteiger partial charge in [-0.15, -0.1) is 0 Å². The Morgan fingerprint density at radius 1 is 1.17 bits per heavy atom. The number of nitrogens with two attached hydrogens (primary N) is 1. The fourth-order valence-electron chi connectivity index (χ4n) is 1.95. The average Bonchev–Trinajstić information content (AvgIpc) is 2.56. The van der Waals surface area contributed by atoms with Crippen molar-refractivity contribution in [1.82, 2.24) is 0 Å². The number of hydrogen-bond acceptors (Lipinski definition) is 4. The predicted octanol–water partition coefficient (Wildman–Crippen LogP) is 2.96. The summed E-state index contributed by atoms with van der Waals surface area (Å²) in [7, 11) is 1.49. The van der Waals surface area contributed by atoms with E-state index in [4.69, 9.17) is 15.2 Å². The minimum atomic E-state index is -0.834. The molecule has 0 radical (unpaired) electrons. The lowest BCUT2D eigenvalue weighted by atomic mass is 10.1. The molecule has 2 amide bonds. The number of halogens is 1. The summed E-state index contributed by atoms with van der Waals surface area (Å²) in [5.74, 6) is -0.306. The lowest BCUT2D eigenvalue weighted by Gasteiger charge is -2.17. The number of ether oxygens (including phenoxy) is 2. The minimum Gasteiger partial charge on any atom is -0.497 e. The van der Waals surface area contributed by atoms with Crippen molar-refractivity contribution in [3.05, 3.63) is 52.5 Å². The van der Waals surface area contributed by atoms with Crippen LogP contribution in [0.2, 0.25) is 0 Å². The van der Waals surface area contributed by atoms with E-state index in [9.17, 15) is 9.59 Å². The summed E-state index contributed by atoms with van der Waals surface area (Å²) in [6.07, 6.45) is -0.834. The molecule has 1 atom stereocenters. The Hall–Kier alpha value is -2.54. The molecule has 0 aliphatic heterocycles. The number of carbonyl (C=O) groups is 2. The molecule has 0 saturated heterocycles. The molecule has 0 aromatic heterocycles. The third-order valence-electron chi connectivity index (χ3n) is 3.24. The first-order chi connectivity index (χ1) is 11.4. The zero-order valence-electron chi connectivity index (χ0n) is 13.2. The number of amides is 2. The van der Waals surface area contributed by atoms with Gasteiger partial charge in [0, 0.05) is 16.2 Å². The van der Waals surface area contributed by atoms with Gasteiger partial charge in [-0.3, -0.25) is 9.59 Å². The molecule has 7 heteroatoms. The van der Waals surface area contributed by atoms with E-state index >= 15 is 0 Å². The third kappa shape index (κ3) is 4.48. The maximum absolute atomic E-state index is 12.2. The van der Waals surface area contributed by atoms with Crippen LogP contribution in [0.15, 0.2) is 46.9 Å². The van der Waals surface area contributed by atoms with E-state index in [1.165, 1.54) is 19.2 Å². The summed E-state index contributed by atoms with van der Waals surface area (Å²) in [4.78, 5) is 23.7. The van der Waals surface area contributed by atoms with Crippen molar-refractivity contribution in [3.63, 3.8) is 0 Å². The normalized spacial score (nSPS) is 11.5. The van der Waals surface area contributed by atoms with E-state index in [-0.39, 0.29) is 17.2 Å². The van der Waals surface area contributed by atoms with Crippen LogP contribution in [-0.4, -0.2) is 25.0 Å². The van der Waals surface area contributed by atoms with Crippen LogP contribution < -0.4 is 20.5 Å². The van der Waals surface area contributed by atoms with Gasteiger partial charge in [0.15, 0.2) is 6.10 Å². The monoisotopic (exact) mass is 392 g/mol. The summed E-state index contributed by atoms with van der Waals surface area (Å²) in [6, 6.07) is 11.8. The molecule has 0 spiro atoms. The number of anilines is 1. The second-order valence-electron chi connectivity index (χ2n) is 4.98. The van der Waals surface area contributed by atoms with Crippen LogP contribution in [0.25, 0.3) is 0 Å². The summed E-state index contributed by atoms with van der Waals surface area (Å²) in [6.45, 7) is 1.58. The summed E-state index contributed by atoms with van der Waals surface area (Å²) in [5.41, 5.74) is 6.15. The zero-order chi connectivity index (χ0) is 17.7. The first kappa shape index (κ1) is 17.8. The van der Waals surface area contributed by atoms with Gasteiger partial charge in [0.05, 0.1) is 12.7 Å². The fraction of sp³-hybridized carbons (Fsp3) is 0.176. The Bertz CT molecular complexity index is 747. The first-order valence-electron chi connectivity index (χ1n) is 7.11. The van der Waals surface area contributed by atoms with Gasteiger partial charge in [0.1, 0.15) is 11.5 Å². The second-order valence-corrected chi connectivity index (χ2v) is 5.90. The number of benzene rings is 2. The molecule has 0 fully saturated rings. The van der Waals surface area contributed by atoms with Crippen LogP contribution in [0.5, 0.6) is 11.5 Å². The number of rotatable bonds is 6. The molecule has 24 heavy (non-hydrogen) atoms. The van der Waals surface area contributed by atoms with Crippen molar-refractivity contribution < 1.29 is 19.1 Å². The Balaban J connectivity index is 2.13. The Morgan fingerprint density at radius 3 is 2.42 bits per heavy atom.